The Balaban J connectivity index is 1.86. The normalized spacial score (nSPS) is 15.4. The van der Waals surface area contributed by atoms with Crippen molar-refractivity contribution in [1.82, 2.24) is 5.32 Å². The molecule has 3 N–H and O–H groups in total. The maximum Gasteiger partial charge on any atom is 0.304 e. The minimum atomic E-state index is -0.750. The first kappa shape index (κ1) is 13.9. The number of aryl methyl sites for hydroxylation is 1. The van der Waals surface area contributed by atoms with Crippen LogP contribution in [0.1, 0.15) is 30.9 Å². The zero-order valence-electron chi connectivity index (χ0n) is 11.4. The SMILES string of the molecule is CC(Cc1ccc2c(c1)CCCN2)NCCC(=O)O. The second kappa shape index (κ2) is 6.57. The summed E-state index contributed by atoms with van der Waals surface area (Å²) in [6, 6.07) is 6.89. The molecule has 19 heavy (non-hydrogen) atoms. The molecule has 0 saturated carbocycles. The molecule has 2 rings (SSSR count). The van der Waals surface area contributed by atoms with Gasteiger partial charge in [0.15, 0.2) is 0 Å². The Morgan fingerprint density at radius 3 is 3.16 bits per heavy atom. The highest BCUT2D eigenvalue weighted by Gasteiger charge is 2.10. The van der Waals surface area contributed by atoms with Gasteiger partial charge in [-0.1, -0.05) is 12.1 Å². The fourth-order valence-electron chi connectivity index (χ4n) is 2.51. The molecule has 4 heteroatoms. The number of anilines is 1. The van der Waals surface area contributed by atoms with E-state index in [9.17, 15) is 4.79 Å². The van der Waals surface area contributed by atoms with Crippen molar-refractivity contribution in [1.29, 1.82) is 0 Å². The summed E-state index contributed by atoms with van der Waals surface area (Å²) in [7, 11) is 0. The van der Waals surface area contributed by atoms with Crippen LogP contribution in [0.5, 0.6) is 0 Å². The lowest BCUT2D eigenvalue weighted by Gasteiger charge is -2.20. The minimum Gasteiger partial charge on any atom is -0.481 e. The van der Waals surface area contributed by atoms with Crippen molar-refractivity contribution in [3.8, 4) is 0 Å². The van der Waals surface area contributed by atoms with E-state index < -0.39 is 5.97 Å². The van der Waals surface area contributed by atoms with E-state index in [1.165, 1.54) is 23.2 Å². The van der Waals surface area contributed by atoms with E-state index >= 15 is 0 Å². The Labute approximate surface area is 114 Å². The molecule has 1 aromatic carbocycles. The summed E-state index contributed by atoms with van der Waals surface area (Å²) < 4.78 is 0. The monoisotopic (exact) mass is 262 g/mol. The van der Waals surface area contributed by atoms with E-state index in [1.54, 1.807) is 0 Å². The predicted octanol–water partition coefficient (Wildman–Crippen LogP) is 2.04. The number of fused-ring (bicyclic) bond motifs is 1. The molecule has 0 radical (unpaired) electrons. The van der Waals surface area contributed by atoms with Crippen LogP contribution in [0.25, 0.3) is 0 Å². The number of nitrogens with one attached hydrogen (secondary N) is 2. The highest BCUT2D eigenvalue weighted by Crippen LogP contribution is 2.23. The fourth-order valence-corrected chi connectivity index (χ4v) is 2.51. The topological polar surface area (TPSA) is 61.4 Å². The summed E-state index contributed by atoms with van der Waals surface area (Å²) in [6.07, 6.45) is 3.46. The average Bonchev–Trinajstić information content (AvgIpc) is 2.38. The smallest absolute Gasteiger partial charge is 0.304 e. The molecule has 1 atom stereocenters. The van der Waals surface area contributed by atoms with Crippen LogP contribution in [0.4, 0.5) is 5.69 Å². The van der Waals surface area contributed by atoms with Crippen LogP contribution >= 0.6 is 0 Å². The van der Waals surface area contributed by atoms with E-state index in [0.717, 1.165) is 19.4 Å². The molecule has 0 spiro atoms. The standard InChI is InChI=1S/C15H22N2O2/c1-11(16-8-6-15(18)19)9-12-4-5-14-13(10-12)3-2-7-17-14/h4-5,10-11,16-17H,2-3,6-9H2,1H3,(H,18,19). The highest BCUT2D eigenvalue weighted by atomic mass is 16.4. The third-order valence-corrected chi connectivity index (χ3v) is 3.48. The molecule has 0 aliphatic carbocycles. The molecule has 0 bridgehead atoms. The molecule has 1 heterocycles. The van der Waals surface area contributed by atoms with Gasteiger partial charge in [0.25, 0.3) is 0 Å². The van der Waals surface area contributed by atoms with Gasteiger partial charge >= 0.3 is 5.97 Å². The Kier molecular flexibility index (Phi) is 4.80. The third-order valence-electron chi connectivity index (χ3n) is 3.48. The molecule has 0 saturated heterocycles. The van der Waals surface area contributed by atoms with E-state index in [-0.39, 0.29) is 6.42 Å². The van der Waals surface area contributed by atoms with Gasteiger partial charge in [-0.3, -0.25) is 4.79 Å². The Hall–Kier alpha value is -1.55. The summed E-state index contributed by atoms with van der Waals surface area (Å²) >= 11 is 0. The summed E-state index contributed by atoms with van der Waals surface area (Å²) in [5, 5.41) is 15.3. The largest absolute Gasteiger partial charge is 0.481 e. The summed E-state index contributed by atoms with van der Waals surface area (Å²) in [6.45, 7) is 3.70. The number of hydrogen-bond acceptors (Lipinski definition) is 3. The van der Waals surface area contributed by atoms with Gasteiger partial charge in [-0.15, -0.1) is 0 Å². The molecular weight excluding hydrogens is 240 g/mol. The average molecular weight is 262 g/mol. The fraction of sp³-hybridized carbons (Fsp3) is 0.533. The number of aliphatic carboxylic acids is 1. The minimum absolute atomic E-state index is 0.179. The first-order valence-corrected chi connectivity index (χ1v) is 6.96. The van der Waals surface area contributed by atoms with E-state index in [0.29, 0.717) is 12.6 Å². The zero-order valence-corrected chi connectivity index (χ0v) is 11.4. The van der Waals surface area contributed by atoms with Crippen LogP contribution < -0.4 is 10.6 Å². The lowest BCUT2D eigenvalue weighted by molar-refractivity contribution is -0.136. The van der Waals surface area contributed by atoms with Crippen molar-refractivity contribution >= 4 is 11.7 Å². The Morgan fingerprint density at radius 2 is 2.37 bits per heavy atom. The van der Waals surface area contributed by atoms with E-state index in [2.05, 4.69) is 35.8 Å². The van der Waals surface area contributed by atoms with Crippen LogP contribution in [-0.2, 0) is 17.6 Å². The van der Waals surface area contributed by atoms with Crippen molar-refractivity contribution in [2.45, 2.75) is 38.6 Å². The van der Waals surface area contributed by atoms with Crippen molar-refractivity contribution < 1.29 is 9.90 Å². The summed E-state index contributed by atoms with van der Waals surface area (Å²) in [5.41, 5.74) is 3.99. The van der Waals surface area contributed by atoms with Crippen molar-refractivity contribution in [2.24, 2.45) is 0 Å². The van der Waals surface area contributed by atoms with Crippen LogP contribution in [0, 0.1) is 0 Å². The molecule has 0 aromatic heterocycles. The van der Waals surface area contributed by atoms with Crippen LogP contribution in [-0.4, -0.2) is 30.2 Å². The third kappa shape index (κ3) is 4.24. The molecule has 1 aliphatic heterocycles. The van der Waals surface area contributed by atoms with Crippen LogP contribution in [0.15, 0.2) is 18.2 Å². The molecule has 0 fully saturated rings. The highest BCUT2D eigenvalue weighted by molar-refractivity contribution is 5.66. The Morgan fingerprint density at radius 1 is 1.53 bits per heavy atom. The van der Waals surface area contributed by atoms with Gasteiger partial charge < -0.3 is 15.7 Å². The van der Waals surface area contributed by atoms with E-state index in [4.69, 9.17) is 5.11 Å². The molecule has 1 aliphatic rings. The maximum absolute atomic E-state index is 10.5. The molecule has 1 aromatic rings. The van der Waals surface area contributed by atoms with Gasteiger partial charge in [0.05, 0.1) is 6.42 Å². The number of carbonyl (C=O) groups is 1. The second-order valence-electron chi connectivity index (χ2n) is 5.22. The lowest BCUT2D eigenvalue weighted by atomic mass is 9.98. The van der Waals surface area contributed by atoms with Crippen molar-refractivity contribution in [3.63, 3.8) is 0 Å². The lowest BCUT2D eigenvalue weighted by Crippen LogP contribution is -2.30. The Bertz CT molecular complexity index is 446. The quantitative estimate of drug-likeness (QED) is 0.734. The number of rotatable bonds is 6. The number of benzene rings is 1. The van der Waals surface area contributed by atoms with Gasteiger partial charge in [-0.25, -0.2) is 0 Å². The van der Waals surface area contributed by atoms with Gasteiger partial charge in [0, 0.05) is 24.8 Å². The maximum atomic E-state index is 10.5. The first-order valence-electron chi connectivity index (χ1n) is 6.96. The molecule has 104 valence electrons. The first-order chi connectivity index (χ1) is 9.15. The van der Waals surface area contributed by atoms with Crippen LogP contribution in [0.2, 0.25) is 0 Å². The second-order valence-corrected chi connectivity index (χ2v) is 5.22. The van der Waals surface area contributed by atoms with Gasteiger partial charge in [-0.05, 0) is 43.4 Å². The molecule has 4 nitrogen and oxygen atoms in total. The van der Waals surface area contributed by atoms with Crippen molar-refractivity contribution in [3.05, 3.63) is 29.3 Å². The predicted molar refractivity (Wildman–Crippen MR) is 76.7 cm³/mol. The van der Waals surface area contributed by atoms with Gasteiger partial charge in [0.1, 0.15) is 0 Å². The molecule has 1 unspecified atom stereocenters. The number of hydrogen-bond donors (Lipinski definition) is 3. The van der Waals surface area contributed by atoms with Crippen LogP contribution in [0.3, 0.4) is 0 Å². The summed E-state index contributed by atoms with van der Waals surface area (Å²) in [5.74, 6) is -0.750. The molecule has 0 amide bonds. The summed E-state index contributed by atoms with van der Waals surface area (Å²) in [4.78, 5) is 10.5. The van der Waals surface area contributed by atoms with Gasteiger partial charge in [-0.2, -0.15) is 0 Å². The van der Waals surface area contributed by atoms with Crippen molar-refractivity contribution in [2.75, 3.05) is 18.4 Å². The number of carboxylic acids is 1. The number of carboxylic acid groups (broad SMARTS) is 1. The zero-order chi connectivity index (χ0) is 13.7. The van der Waals surface area contributed by atoms with E-state index in [1.807, 2.05) is 0 Å². The molecular formula is C15H22N2O2. The van der Waals surface area contributed by atoms with Gasteiger partial charge in [0.2, 0.25) is 0 Å².